The number of sulfonamides is 1. The summed E-state index contributed by atoms with van der Waals surface area (Å²) in [5.74, 6) is 0.368. The maximum absolute atomic E-state index is 10.7. The van der Waals surface area contributed by atoms with E-state index in [0.717, 1.165) is 18.2 Å². The summed E-state index contributed by atoms with van der Waals surface area (Å²) in [5.41, 5.74) is 0. The van der Waals surface area contributed by atoms with Crippen molar-refractivity contribution in [1.82, 2.24) is 0 Å². The van der Waals surface area contributed by atoms with Crippen molar-refractivity contribution in [2.24, 2.45) is 4.40 Å². The quantitative estimate of drug-likeness (QED) is 0.608. The second-order valence-electron chi connectivity index (χ2n) is 2.59. The van der Waals surface area contributed by atoms with Crippen molar-refractivity contribution < 1.29 is 13.2 Å². The first-order chi connectivity index (χ1) is 5.16. The Kier molecular flexibility index (Phi) is 1.29. The highest BCUT2D eigenvalue weighted by Gasteiger charge is 2.26. The van der Waals surface area contributed by atoms with Crippen LogP contribution in [0, 0.1) is 0 Å². The molecular weight excluding hydrogens is 166 g/mol. The monoisotopic (exact) mass is 173 g/mol. The Morgan fingerprint density at radius 2 is 2.27 bits per heavy atom. The molecule has 1 aliphatic heterocycles. The number of nitrogens with zero attached hydrogens (tertiary/aromatic N) is 1. The largest absolute Gasteiger partial charge is 0.488 e. The molecule has 0 radical (unpaired) electrons. The van der Waals surface area contributed by atoms with Crippen LogP contribution in [0.5, 0.6) is 0 Å². The van der Waals surface area contributed by atoms with E-state index in [4.69, 9.17) is 4.74 Å². The number of hydrogen-bond acceptors (Lipinski definition) is 3. The zero-order valence-corrected chi connectivity index (χ0v) is 6.54. The van der Waals surface area contributed by atoms with Crippen LogP contribution in [-0.2, 0) is 14.8 Å². The van der Waals surface area contributed by atoms with E-state index in [9.17, 15) is 8.42 Å². The topological polar surface area (TPSA) is 55.7 Å². The summed E-state index contributed by atoms with van der Waals surface area (Å²) in [6.07, 6.45) is 3.51. The van der Waals surface area contributed by atoms with Gasteiger partial charge in [-0.2, -0.15) is 12.8 Å². The molecule has 0 unspecified atom stereocenters. The van der Waals surface area contributed by atoms with Gasteiger partial charge in [-0.05, 0) is 12.8 Å². The van der Waals surface area contributed by atoms with Gasteiger partial charge in [-0.15, -0.1) is 0 Å². The van der Waals surface area contributed by atoms with Crippen molar-refractivity contribution in [2.45, 2.75) is 18.9 Å². The van der Waals surface area contributed by atoms with Crippen molar-refractivity contribution >= 4 is 16.2 Å². The van der Waals surface area contributed by atoms with Crippen molar-refractivity contribution in [3.05, 3.63) is 11.2 Å². The maximum atomic E-state index is 10.7. The molecule has 1 heterocycles. The van der Waals surface area contributed by atoms with Crippen LogP contribution in [0.3, 0.4) is 0 Å². The molecule has 11 heavy (non-hydrogen) atoms. The summed E-state index contributed by atoms with van der Waals surface area (Å²) >= 11 is 0. The molecule has 1 fully saturated rings. The fourth-order valence-corrected chi connectivity index (χ4v) is 1.49. The van der Waals surface area contributed by atoms with Crippen LogP contribution in [0.25, 0.3) is 0 Å². The lowest BCUT2D eigenvalue weighted by Gasteiger charge is -1.97. The van der Waals surface area contributed by atoms with Gasteiger partial charge in [0.15, 0.2) is 5.76 Å². The standard InChI is InChI=1S/C6H7NO3S/c8-11(9)4-6(3-7-11)10-5-1-2-5/h3-5H,1-2H2. The third-order valence-electron chi connectivity index (χ3n) is 1.42. The number of hydrogen-bond donors (Lipinski definition) is 0. The van der Waals surface area contributed by atoms with E-state index in [1.165, 1.54) is 6.21 Å². The van der Waals surface area contributed by atoms with Crippen LogP contribution in [0.4, 0.5) is 0 Å². The molecule has 0 N–H and O–H groups in total. The molecule has 0 aromatic carbocycles. The first-order valence-corrected chi connectivity index (χ1v) is 4.85. The van der Waals surface area contributed by atoms with Crippen LogP contribution >= 0.6 is 0 Å². The Hall–Kier alpha value is -0.840. The lowest BCUT2D eigenvalue weighted by molar-refractivity contribution is 0.218. The second-order valence-corrected chi connectivity index (χ2v) is 4.06. The minimum atomic E-state index is -3.33. The Bertz CT molecular complexity index is 324. The summed E-state index contributed by atoms with van der Waals surface area (Å²) in [6, 6.07) is 0. The van der Waals surface area contributed by atoms with Gasteiger partial charge in [0.25, 0.3) is 10.0 Å². The zero-order chi connectivity index (χ0) is 7.90. The molecule has 1 aliphatic carbocycles. The van der Waals surface area contributed by atoms with Gasteiger partial charge in [-0.3, -0.25) is 0 Å². The van der Waals surface area contributed by atoms with Crippen molar-refractivity contribution in [3.8, 4) is 0 Å². The van der Waals surface area contributed by atoms with E-state index >= 15 is 0 Å². The Morgan fingerprint density at radius 1 is 1.55 bits per heavy atom. The average molecular weight is 173 g/mol. The third-order valence-corrected chi connectivity index (χ3v) is 2.35. The van der Waals surface area contributed by atoms with Crippen LogP contribution in [0.1, 0.15) is 12.8 Å². The summed E-state index contributed by atoms with van der Waals surface area (Å²) in [5, 5.41) is 1.05. The van der Waals surface area contributed by atoms with Gasteiger partial charge in [-0.25, -0.2) is 0 Å². The summed E-state index contributed by atoms with van der Waals surface area (Å²) in [4.78, 5) is 0. The fourth-order valence-electron chi connectivity index (χ4n) is 0.770. The van der Waals surface area contributed by atoms with Crippen LogP contribution < -0.4 is 0 Å². The Labute approximate surface area is 64.6 Å². The lowest BCUT2D eigenvalue weighted by atomic mass is 10.6. The third kappa shape index (κ3) is 1.59. The number of ether oxygens (including phenoxy) is 1. The molecule has 0 saturated heterocycles. The van der Waals surface area contributed by atoms with E-state index in [1.54, 1.807) is 0 Å². The zero-order valence-electron chi connectivity index (χ0n) is 5.73. The van der Waals surface area contributed by atoms with Crippen molar-refractivity contribution in [1.29, 1.82) is 0 Å². The number of allylic oxidation sites excluding steroid dienone is 1. The molecule has 0 aromatic heterocycles. The molecule has 5 heteroatoms. The normalized spacial score (nSPS) is 26.7. The van der Waals surface area contributed by atoms with E-state index in [-0.39, 0.29) is 6.10 Å². The molecule has 1 saturated carbocycles. The molecule has 0 aromatic rings. The highest BCUT2D eigenvalue weighted by Crippen LogP contribution is 2.27. The number of rotatable bonds is 2. The molecule has 2 rings (SSSR count). The highest BCUT2D eigenvalue weighted by atomic mass is 32.2. The van der Waals surface area contributed by atoms with Gasteiger partial charge in [0.2, 0.25) is 0 Å². The van der Waals surface area contributed by atoms with Crippen molar-refractivity contribution in [2.75, 3.05) is 0 Å². The van der Waals surface area contributed by atoms with E-state index in [0.29, 0.717) is 5.76 Å². The van der Waals surface area contributed by atoms with E-state index < -0.39 is 10.0 Å². The van der Waals surface area contributed by atoms with Crippen LogP contribution in [0.15, 0.2) is 15.6 Å². The molecule has 2 aliphatic rings. The molecule has 0 bridgehead atoms. The Morgan fingerprint density at radius 3 is 2.73 bits per heavy atom. The predicted octanol–water partition coefficient (Wildman–Crippen LogP) is 0.421. The molecule has 0 atom stereocenters. The van der Waals surface area contributed by atoms with Gasteiger partial charge in [0.1, 0.15) is 0 Å². The molecule has 4 nitrogen and oxygen atoms in total. The van der Waals surface area contributed by atoms with Gasteiger partial charge in [-0.1, -0.05) is 0 Å². The minimum Gasteiger partial charge on any atom is -0.488 e. The van der Waals surface area contributed by atoms with Gasteiger partial charge in [0, 0.05) is 0 Å². The van der Waals surface area contributed by atoms with Crippen LogP contribution in [0.2, 0.25) is 0 Å². The summed E-state index contributed by atoms with van der Waals surface area (Å²) in [7, 11) is -3.33. The second kappa shape index (κ2) is 2.07. The molecule has 60 valence electrons. The fraction of sp³-hybridized carbons (Fsp3) is 0.500. The smallest absolute Gasteiger partial charge is 0.279 e. The van der Waals surface area contributed by atoms with Gasteiger partial charge in [0.05, 0.1) is 17.7 Å². The highest BCUT2D eigenvalue weighted by molar-refractivity contribution is 7.93. The first kappa shape index (κ1) is 6.84. The predicted molar refractivity (Wildman–Crippen MR) is 39.6 cm³/mol. The molecular formula is C6H7NO3S. The average Bonchev–Trinajstić information content (AvgIpc) is 2.61. The Balaban J connectivity index is 2.11. The molecule has 0 spiro atoms. The first-order valence-electron chi connectivity index (χ1n) is 3.34. The van der Waals surface area contributed by atoms with Crippen molar-refractivity contribution in [3.63, 3.8) is 0 Å². The van der Waals surface area contributed by atoms with Gasteiger partial charge < -0.3 is 4.74 Å². The molecule has 0 amide bonds. The van der Waals surface area contributed by atoms with E-state index in [1.807, 2.05) is 0 Å². The summed E-state index contributed by atoms with van der Waals surface area (Å²) < 4.78 is 29.8. The van der Waals surface area contributed by atoms with Crippen LogP contribution in [-0.4, -0.2) is 20.7 Å². The van der Waals surface area contributed by atoms with E-state index in [2.05, 4.69) is 4.40 Å². The minimum absolute atomic E-state index is 0.223. The summed E-state index contributed by atoms with van der Waals surface area (Å²) in [6.45, 7) is 0. The lowest BCUT2D eigenvalue weighted by Crippen LogP contribution is -1.92. The van der Waals surface area contributed by atoms with Gasteiger partial charge >= 0.3 is 0 Å². The maximum Gasteiger partial charge on any atom is 0.279 e. The SMILES string of the molecule is O=S1(=O)C=C(OC2CC2)C=N1.